The van der Waals surface area contributed by atoms with Gasteiger partial charge in [-0.1, -0.05) is 19.0 Å². The average molecular weight is 389 g/mol. The van der Waals surface area contributed by atoms with Crippen molar-refractivity contribution in [2.75, 3.05) is 6.54 Å². The molecule has 1 aliphatic heterocycles. The summed E-state index contributed by atoms with van der Waals surface area (Å²) < 4.78 is 15.4. The molecule has 3 amide bonds. The summed E-state index contributed by atoms with van der Waals surface area (Å²) in [5.41, 5.74) is -0.607. The van der Waals surface area contributed by atoms with Gasteiger partial charge in [-0.05, 0) is 37.8 Å². The Morgan fingerprint density at radius 1 is 1.36 bits per heavy atom. The largest absolute Gasteiger partial charge is 0.461 e. The van der Waals surface area contributed by atoms with Crippen molar-refractivity contribution in [1.82, 2.24) is 15.4 Å². The number of amides is 3. The van der Waals surface area contributed by atoms with E-state index in [4.69, 9.17) is 13.7 Å². The lowest BCUT2D eigenvalue weighted by molar-refractivity contribution is -0.149. The maximum atomic E-state index is 12.6. The zero-order valence-corrected chi connectivity index (χ0v) is 16.1. The third-order valence-corrected chi connectivity index (χ3v) is 4.56. The number of urea groups is 1. The number of carbonyl (C=O) groups excluding carboxylic acids is 3. The molecule has 1 saturated heterocycles. The highest BCUT2D eigenvalue weighted by Crippen LogP contribution is 2.25. The SMILES string of the molecule is CC(C)CC[C@@]1(C)NC(=O)N(CC(=O)OCc2cc(-c3ccco3)on2)C1=O. The Balaban J connectivity index is 1.53. The molecule has 1 aliphatic rings. The van der Waals surface area contributed by atoms with Gasteiger partial charge in [-0.2, -0.15) is 0 Å². The lowest BCUT2D eigenvalue weighted by Gasteiger charge is -2.22. The molecule has 150 valence electrons. The Morgan fingerprint density at radius 2 is 2.14 bits per heavy atom. The van der Waals surface area contributed by atoms with Gasteiger partial charge in [-0.25, -0.2) is 4.79 Å². The van der Waals surface area contributed by atoms with Crippen LogP contribution in [-0.4, -0.2) is 40.0 Å². The van der Waals surface area contributed by atoms with Crippen molar-refractivity contribution in [3.8, 4) is 11.5 Å². The Labute approximate surface area is 162 Å². The van der Waals surface area contributed by atoms with E-state index < -0.39 is 30.0 Å². The molecule has 1 atom stereocenters. The molecular formula is C19H23N3O6. The van der Waals surface area contributed by atoms with Crippen LogP contribution < -0.4 is 5.32 Å². The third-order valence-electron chi connectivity index (χ3n) is 4.56. The van der Waals surface area contributed by atoms with Crippen LogP contribution in [0.2, 0.25) is 0 Å². The van der Waals surface area contributed by atoms with Crippen LogP contribution in [0.3, 0.4) is 0 Å². The minimum absolute atomic E-state index is 0.142. The van der Waals surface area contributed by atoms with Crippen molar-refractivity contribution in [2.24, 2.45) is 5.92 Å². The summed E-state index contributed by atoms with van der Waals surface area (Å²) in [6.07, 6.45) is 2.80. The summed E-state index contributed by atoms with van der Waals surface area (Å²) in [6, 6.07) is 4.42. The molecule has 28 heavy (non-hydrogen) atoms. The van der Waals surface area contributed by atoms with Crippen LogP contribution in [0.5, 0.6) is 0 Å². The molecule has 2 aromatic heterocycles. The van der Waals surface area contributed by atoms with Crippen LogP contribution >= 0.6 is 0 Å². The van der Waals surface area contributed by atoms with Crippen molar-refractivity contribution in [1.29, 1.82) is 0 Å². The highest BCUT2D eigenvalue weighted by Gasteiger charge is 2.48. The van der Waals surface area contributed by atoms with Crippen molar-refractivity contribution < 1.29 is 28.1 Å². The highest BCUT2D eigenvalue weighted by molar-refractivity contribution is 6.08. The summed E-state index contributed by atoms with van der Waals surface area (Å²) in [6.45, 7) is 5.16. The first-order valence-corrected chi connectivity index (χ1v) is 9.08. The van der Waals surface area contributed by atoms with Gasteiger partial charge in [0.05, 0.1) is 6.26 Å². The molecule has 2 aromatic rings. The van der Waals surface area contributed by atoms with Crippen molar-refractivity contribution in [3.05, 3.63) is 30.2 Å². The molecule has 0 spiro atoms. The number of nitrogens with zero attached hydrogens (tertiary/aromatic N) is 2. The number of esters is 1. The monoisotopic (exact) mass is 389 g/mol. The van der Waals surface area contributed by atoms with Crippen LogP contribution in [0, 0.1) is 5.92 Å². The summed E-state index contributed by atoms with van der Waals surface area (Å²) in [4.78, 5) is 37.7. The first-order valence-electron chi connectivity index (χ1n) is 9.08. The number of furan rings is 1. The molecule has 0 radical (unpaired) electrons. The van der Waals surface area contributed by atoms with Gasteiger partial charge in [0, 0.05) is 6.07 Å². The molecule has 0 bridgehead atoms. The van der Waals surface area contributed by atoms with Gasteiger partial charge in [0.15, 0.2) is 5.76 Å². The average Bonchev–Trinajstić information content (AvgIpc) is 3.36. The molecule has 3 rings (SSSR count). The summed E-state index contributed by atoms with van der Waals surface area (Å²) in [7, 11) is 0. The fraction of sp³-hybridized carbons (Fsp3) is 0.474. The van der Waals surface area contributed by atoms with Gasteiger partial charge < -0.3 is 19.0 Å². The number of hydrogen-bond acceptors (Lipinski definition) is 7. The normalized spacial score (nSPS) is 19.4. The number of ether oxygens (including phenoxy) is 1. The van der Waals surface area contributed by atoms with E-state index >= 15 is 0 Å². The number of rotatable bonds is 8. The molecule has 0 aliphatic carbocycles. The fourth-order valence-corrected chi connectivity index (χ4v) is 2.88. The van der Waals surface area contributed by atoms with Gasteiger partial charge in [0.25, 0.3) is 5.91 Å². The minimum atomic E-state index is -0.994. The molecular weight excluding hydrogens is 366 g/mol. The summed E-state index contributed by atoms with van der Waals surface area (Å²) >= 11 is 0. The maximum absolute atomic E-state index is 12.6. The molecule has 0 aromatic carbocycles. The number of nitrogens with one attached hydrogen (secondary N) is 1. The van der Waals surface area contributed by atoms with E-state index in [-0.39, 0.29) is 6.61 Å². The van der Waals surface area contributed by atoms with Gasteiger partial charge in [0.2, 0.25) is 5.76 Å². The minimum Gasteiger partial charge on any atom is -0.461 e. The van der Waals surface area contributed by atoms with Gasteiger partial charge in [-0.3, -0.25) is 14.5 Å². The molecule has 3 heterocycles. The predicted octanol–water partition coefficient (Wildman–Crippen LogP) is 2.72. The van der Waals surface area contributed by atoms with E-state index in [9.17, 15) is 14.4 Å². The zero-order chi connectivity index (χ0) is 20.3. The van der Waals surface area contributed by atoms with E-state index in [0.29, 0.717) is 29.6 Å². The third kappa shape index (κ3) is 4.24. The molecule has 0 unspecified atom stereocenters. The van der Waals surface area contributed by atoms with Crippen LogP contribution in [0.1, 0.15) is 39.3 Å². The van der Waals surface area contributed by atoms with E-state index in [1.54, 1.807) is 25.1 Å². The topological polar surface area (TPSA) is 115 Å². The predicted molar refractivity (Wildman–Crippen MR) is 96.7 cm³/mol. The molecule has 1 N–H and O–H groups in total. The van der Waals surface area contributed by atoms with Gasteiger partial charge in [-0.15, -0.1) is 0 Å². The standard InChI is InChI=1S/C19H23N3O6/c1-12(2)6-7-19(3)17(24)22(18(25)20-19)10-16(23)27-11-13-9-15(28-21-13)14-5-4-8-26-14/h4-5,8-9,12H,6-7,10-11H2,1-3H3,(H,20,25)/t19-/m1/s1. The van der Waals surface area contributed by atoms with E-state index in [1.165, 1.54) is 6.26 Å². The molecule has 9 nitrogen and oxygen atoms in total. The Morgan fingerprint density at radius 3 is 2.82 bits per heavy atom. The second-order valence-corrected chi connectivity index (χ2v) is 7.41. The van der Waals surface area contributed by atoms with Gasteiger partial charge >= 0.3 is 12.0 Å². The van der Waals surface area contributed by atoms with Crippen LogP contribution in [0.4, 0.5) is 4.79 Å². The van der Waals surface area contributed by atoms with Crippen LogP contribution in [-0.2, 0) is 20.9 Å². The highest BCUT2D eigenvalue weighted by atomic mass is 16.5. The summed E-state index contributed by atoms with van der Waals surface area (Å²) in [5.74, 6) is 0.182. The second-order valence-electron chi connectivity index (χ2n) is 7.41. The van der Waals surface area contributed by atoms with Crippen molar-refractivity contribution in [2.45, 2.75) is 45.8 Å². The quantitative estimate of drug-likeness (QED) is 0.545. The first-order chi connectivity index (χ1) is 13.3. The molecule has 1 fully saturated rings. The lowest BCUT2D eigenvalue weighted by Crippen LogP contribution is -2.44. The zero-order valence-electron chi connectivity index (χ0n) is 16.1. The first kappa shape index (κ1) is 19.7. The van der Waals surface area contributed by atoms with E-state index in [0.717, 1.165) is 11.3 Å². The number of imide groups is 1. The van der Waals surface area contributed by atoms with Gasteiger partial charge in [0.1, 0.15) is 24.4 Å². The van der Waals surface area contributed by atoms with E-state index in [2.05, 4.69) is 10.5 Å². The number of aromatic nitrogens is 1. The molecule has 0 saturated carbocycles. The number of carbonyl (C=O) groups is 3. The maximum Gasteiger partial charge on any atom is 0.326 e. The number of hydrogen-bond donors (Lipinski definition) is 1. The van der Waals surface area contributed by atoms with Crippen LogP contribution in [0.25, 0.3) is 11.5 Å². The van der Waals surface area contributed by atoms with Crippen LogP contribution in [0.15, 0.2) is 33.4 Å². The molecule has 9 heteroatoms. The smallest absolute Gasteiger partial charge is 0.326 e. The second kappa shape index (κ2) is 7.87. The Hall–Kier alpha value is -3.10. The Kier molecular flexibility index (Phi) is 5.53. The van der Waals surface area contributed by atoms with Crippen molar-refractivity contribution in [3.63, 3.8) is 0 Å². The van der Waals surface area contributed by atoms with Crippen molar-refractivity contribution >= 4 is 17.9 Å². The lowest BCUT2D eigenvalue weighted by atomic mass is 9.92. The fourth-order valence-electron chi connectivity index (χ4n) is 2.88. The van der Waals surface area contributed by atoms with E-state index in [1.807, 2.05) is 13.8 Å². The Bertz CT molecular complexity index is 857. The summed E-state index contributed by atoms with van der Waals surface area (Å²) in [5, 5.41) is 6.47.